The number of rotatable bonds is 0. The third kappa shape index (κ3) is 2.01. The van der Waals surface area contributed by atoms with E-state index in [9.17, 15) is 20.4 Å². The number of hydrogen-bond donors (Lipinski definition) is 4. The van der Waals surface area contributed by atoms with Crippen LogP contribution in [-0.4, -0.2) is 44.3 Å². The Hall–Kier alpha value is -0.860. The first-order valence-corrected chi connectivity index (χ1v) is 10.1. The predicted molar refractivity (Wildman–Crippen MR) is 98.8 cm³/mol. The van der Waals surface area contributed by atoms with Gasteiger partial charge in [0.15, 0.2) is 0 Å². The van der Waals surface area contributed by atoms with Gasteiger partial charge in [-0.15, -0.1) is 6.42 Å². The number of terminal acetylenes is 1. The summed E-state index contributed by atoms with van der Waals surface area (Å²) in [6.45, 7) is 6.09. The molecule has 10 atom stereocenters. The van der Waals surface area contributed by atoms with E-state index in [1.165, 1.54) is 5.57 Å². The second-order valence-corrected chi connectivity index (χ2v) is 9.85. The molecule has 0 amide bonds. The molecular formula is C22H32O4. The van der Waals surface area contributed by atoms with Crippen molar-refractivity contribution in [2.75, 3.05) is 0 Å². The average molecular weight is 360 g/mol. The van der Waals surface area contributed by atoms with Crippen molar-refractivity contribution in [2.24, 2.45) is 34.5 Å². The van der Waals surface area contributed by atoms with Gasteiger partial charge in [0.25, 0.3) is 0 Å². The molecule has 0 bridgehead atoms. The Morgan fingerprint density at radius 3 is 2.50 bits per heavy atom. The van der Waals surface area contributed by atoms with Crippen LogP contribution >= 0.6 is 0 Å². The zero-order valence-corrected chi connectivity index (χ0v) is 16.0. The molecule has 0 aromatic carbocycles. The lowest BCUT2D eigenvalue weighted by atomic mass is 9.46. The lowest BCUT2D eigenvalue weighted by molar-refractivity contribution is -0.136. The van der Waals surface area contributed by atoms with E-state index >= 15 is 0 Å². The normalized spacial score (nSPS) is 58.8. The van der Waals surface area contributed by atoms with E-state index in [1.807, 2.05) is 19.9 Å². The summed E-state index contributed by atoms with van der Waals surface area (Å²) in [5.74, 6) is 2.09. The first-order chi connectivity index (χ1) is 12.1. The van der Waals surface area contributed by atoms with Crippen LogP contribution in [-0.2, 0) is 0 Å². The molecule has 0 radical (unpaired) electrons. The minimum Gasteiger partial charge on any atom is -0.393 e. The largest absolute Gasteiger partial charge is 0.393 e. The Morgan fingerprint density at radius 1 is 1.15 bits per heavy atom. The lowest BCUT2D eigenvalue weighted by Gasteiger charge is -2.59. The van der Waals surface area contributed by atoms with Crippen molar-refractivity contribution >= 4 is 0 Å². The molecule has 4 heteroatoms. The van der Waals surface area contributed by atoms with Gasteiger partial charge in [-0.3, -0.25) is 0 Å². The van der Waals surface area contributed by atoms with Crippen LogP contribution in [0.15, 0.2) is 11.6 Å². The molecule has 3 fully saturated rings. The summed E-state index contributed by atoms with van der Waals surface area (Å²) in [6, 6.07) is 0. The minimum atomic E-state index is -1.35. The third-order valence-corrected chi connectivity index (χ3v) is 8.99. The summed E-state index contributed by atoms with van der Waals surface area (Å²) in [6.07, 6.45) is 9.91. The summed E-state index contributed by atoms with van der Waals surface area (Å²) in [5, 5.41) is 43.5. The molecule has 3 saturated carbocycles. The van der Waals surface area contributed by atoms with Crippen LogP contribution in [0.2, 0.25) is 0 Å². The number of fused-ring (bicyclic) bond motifs is 5. The molecular weight excluding hydrogens is 328 g/mol. The highest BCUT2D eigenvalue weighted by atomic mass is 16.3. The SMILES string of the molecule is C#C[C@]1(O)[C@@H](C)C(O)C2C3C(O)C=C4C[C@@H](O)CC[C@]4(C)C3CC[C@@]21C. The molecule has 4 rings (SSSR count). The van der Waals surface area contributed by atoms with Crippen molar-refractivity contribution in [1.82, 2.24) is 0 Å². The van der Waals surface area contributed by atoms with E-state index in [2.05, 4.69) is 12.8 Å². The van der Waals surface area contributed by atoms with Crippen molar-refractivity contribution in [2.45, 2.75) is 76.8 Å². The van der Waals surface area contributed by atoms with Gasteiger partial charge in [0.05, 0.1) is 18.3 Å². The van der Waals surface area contributed by atoms with Gasteiger partial charge in [-0.2, -0.15) is 0 Å². The van der Waals surface area contributed by atoms with Gasteiger partial charge in [0.2, 0.25) is 0 Å². The van der Waals surface area contributed by atoms with Crippen LogP contribution in [0.4, 0.5) is 0 Å². The first kappa shape index (κ1) is 18.5. The van der Waals surface area contributed by atoms with E-state index < -0.39 is 29.1 Å². The van der Waals surface area contributed by atoms with Crippen molar-refractivity contribution < 1.29 is 20.4 Å². The monoisotopic (exact) mass is 360 g/mol. The Balaban J connectivity index is 1.81. The van der Waals surface area contributed by atoms with Crippen LogP contribution in [0.25, 0.3) is 0 Å². The van der Waals surface area contributed by atoms with Crippen LogP contribution in [0.1, 0.15) is 52.9 Å². The Kier molecular flexibility index (Phi) is 3.97. The third-order valence-electron chi connectivity index (χ3n) is 8.99. The Labute approximate surface area is 156 Å². The fourth-order valence-corrected chi connectivity index (χ4v) is 7.32. The highest BCUT2D eigenvalue weighted by Crippen LogP contribution is 2.68. The minimum absolute atomic E-state index is 0.0513. The van der Waals surface area contributed by atoms with Crippen molar-refractivity contribution in [3.63, 3.8) is 0 Å². The van der Waals surface area contributed by atoms with E-state index in [0.717, 1.165) is 25.7 Å². The van der Waals surface area contributed by atoms with Gasteiger partial charge < -0.3 is 20.4 Å². The van der Waals surface area contributed by atoms with Gasteiger partial charge in [-0.05, 0) is 49.4 Å². The molecule has 0 saturated heterocycles. The molecule has 4 N–H and O–H groups in total. The van der Waals surface area contributed by atoms with Crippen LogP contribution in [0.3, 0.4) is 0 Å². The summed E-state index contributed by atoms with van der Waals surface area (Å²) in [7, 11) is 0. The quantitative estimate of drug-likeness (QED) is 0.393. The number of aliphatic hydroxyl groups excluding tert-OH is 3. The predicted octanol–water partition coefficient (Wildman–Crippen LogP) is 1.86. The molecule has 0 heterocycles. The topological polar surface area (TPSA) is 80.9 Å². The lowest BCUT2D eigenvalue weighted by Crippen LogP contribution is -2.58. The summed E-state index contributed by atoms with van der Waals surface area (Å²) in [4.78, 5) is 0. The smallest absolute Gasteiger partial charge is 0.135 e. The molecule has 5 unspecified atom stereocenters. The molecule has 0 aromatic rings. The molecule has 0 aromatic heterocycles. The summed E-state index contributed by atoms with van der Waals surface area (Å²) < 4.78 is 0. The van der Waals surface area contributed by atoms with Gasteiger partial charge in [-0.25, -0.2) is 0 Å². The zero-order chi connectivity index (χ0) is 19.1. The zero-order valence-electron chi connectivity index (χ0n) is 16.0. The molecule has 4 aliphatic carbocycles. The maximum Gasteiger partial charge on any atom is 0.135 e. The fourth-order valence-electron chi connectivity index (χ4n) is 7.32. The molecule has 4 aliphatic rings. The molecule has 0 spiro atoms. The standard InChI is InChI=1S/C22H32O4/c1-5-22(26)12(2)19(25)18-17-15(7-9-21(18,22)4)20(3)8-6-14(23)10-13(20)11-16(17)24/h1,11-12,14-19,23-26H,6-10H2,2-4H3/t12-,14-,15?,16?,17?,18?,19?,20-,21-,22-/m0/s1. The number of aliphatic hydroxyl groups is 4. The van der Waals surface area contributed by atoms with Crippen molar-refractivity contribution in [3.8, 4) is 12.3 Å². The molecule has 4 nitrogen and oxygen atoms in total. The second-order valence-electron chi connectivity index (χ2n) is 9.85. The van der Waals surface area contributed by atoms with Gasteiger partial charge in [-0.1, -0.05) is 38.3 Å². The number of hydrogen-bond acceptors (Lipinski definition) is 4. The fraction of sp³-hybridized carbons (Fsp3) is 0.818. The van der Waals surface area contributed by atoms with E-state index in [-0.39, 0.29) is 29.3 Å². The van der Waals surface area contributed by atoms with Gasteiger partial charge in [0.1, 0.15) is 5.60 Å². The van der Waals surface area contributed by atoms with Gasteiger partial charge >= 0.3 is 0 Å². The van der Waals surface area contributed by atoms with Crippen LogP contribution in [0, 0.1) is 46.8 Å². The molecule has 0 aliphatic heterocycles. The second kappa shape index (κ2) is 5.58. The Morgan fingerprint density at radius 2 is 1.85 bits per heavy atom. The highest BCUT2D eigenvalue weighted by molar-refractivity contribution is 5.32. The van der Waals surface area contributed by atoms with Gasteiger partial charge in [0, 0.05) is 17.3 Å². The maximum atomic E-state index is 11.3. The molecule has 26 heavy (non-hydrogen) atoms. The molecule has 144 valence electrons. The summed E-state index contributed by atoms with van der Waals surface area (Å²) in [5.41, 5.74) is -0.834. The van der Waals surface area contributed by atoms with Crippen LogP contribution < -0.4 is 0 Å². The average Bonchev–Trinajstić information content (AvgIpc) is 2.75. The van der Waals surface area contributed by atoms with E-state index in [1.54, 1.807) is 0 Å². The first-order valence-electron chi connectivity index (χ1n) is 10.1. The van der Waals surface area contributed by atoms with E-state index in [4.69, 9.17) is 6.42 Å². The van der Waals surface area contributed by atoms with Crippen LogP contribution in [0.5, 0.6) is 0 Å². The van der Waals surface area contributed by atoms with Crippen molar-refractivity contribution in [1.29, 1.82) is 0 Å². The van der Waals surface area contributed by atoms with E-state index in [0.29, 0.717) is 6.42 Å². The Bertz CT molecular complexity index is 680. The maximum absolute atomic E-state index is 11.3. The summed E-state index contributed by atoms with van der Waals surface area (Å²) >= 11 is 0. The highest BCUT2D eigenvalue weighted by Gasteiger charge is 2.70. The van der Waals surface area contributed by atoms with Crippen molar-refractivity contribution in [3.05, 3.63) is 11.6 Å².